The molecule has 4 aliphatic rings. The Bertz CT molecular complexity index is 377. The molecule has 0 amide bonds. The standard InChI is InChI=1S/C22H38/c1-3-22(14-5-4-6-15-22)16(2)19-12-10-17-8-7-9-18-11-13-20(19)21(17)18/h16-21H,3-15H2,1-2H3. The van der Waals surface area contributed by atoms with Gasteiger partial charge in [0.25, 0.3) is 0 Å². The highest BCUT2D eigenvalue weighted by atomic mass is 14.6. The van der Waals surface area contributed by atoms with Crippen LogP contribution in [0.5, 0.6) is 0 Å². The highest BCUT2D eigenvalue weighted by Crippen LogP contribution is 2.61. The lowest BCUT2D eigenvalue weighted by molar-refractivity contribution is -0.0253. The molecule has 0 radical (unpaired) electrons. The Morgan fingerprint density at radius 1 is 0.818 bits per heavy atom. The van der Waals surface area contributed by atoms with Crippen LogP contribution in [-0.2, 0) is 0 Å². The summed E-state index contributed by atoms with van der Waals surface area (Å²) in [4.78, 5) is 0. The smallest absolute Gasteiger partial charge is 0.0272 e. The van der Waals surface area contributed by atoms with Gasteiger partial charge in [-0.2, -0.15) is 0 Å². The predicted molar refractivity (Wildman–Crippen MR) is 94.7 cm³/mol. The fourth-order valence-electron chi connectivity index (χ4n) is 7.97. The van der Waals surface area contributed by atoms with Gasteiger partial charge in [0.1, 0.15) is 0 Å². The Morgan fingerprint density at radius 2 is 1.50 bits per heavy atom. The van der Waals surface area contributed by atoms with Crippen molar-refractivity contribution >= 4 is 0 Å². The van der Waals surface area contributed by atoms with E-state index in [1.165, 1.54) is 25.7 Å². The Kier molecular flexibility index (Phi) is 4.33. The van der Waals surface area contributed by atoms with Gasteiger partial charge in [0, 0.05) is 0 Å². The molecule has 0 aromatic heterocycles. The third-order valence-corrected chi connectivity index (χ3v) is 9.19. The first kappa shape index (κ1) is 15.5. The molecule has 126 valence electrons. The molecule has 0 nitrogen and oxygen atoms in total. The molecule has 0 aromatic carbocycles. The quantitative estimate of drug-likeness (QED) is 0.535. The zero-order chi connectivity index (χ0) is 15.2. The first-order valence-electron chi connectivity index (χ1n) is 10.7. The average Bonchev–Trinajstić information content (AvgIpc) is 3.01. The lowest BCUT2D eigenvalue weighted by atomic mass is 9.53. The predicted octanol–water partition coefficient (Wildman–Crippen LogP) is 6.84. The zero-order valence-electron chi connectivity index (χ0n) is 15.2. The van der Waals surface area contributed by atoms with Crippen molar-refractivity contribution < 1.29 is 0 Å². The SMILES string of the molecule is CCC1(C(C)C2CCC3CCCC4CCC2C43)CCCCC1. The van der Waals surface area contributed by atoms with E-state index in [0.717, 1.165) is 40.9 Å². The van der Waals surface area contributed by atoms with Crippen molar-refractivity contribution in [2.75, 3.05) is 0 Å². The maximum absolute atomic E-state index is 2.69. The van der Waals surface area contributed by atoms with Gasteiger partial charge in [0.05, 0.1) is 0 Å². The van der Waals surface area contributed by atoms with E-state index >= 15 is 0 Å². The highest BCUT2D eigenvalue weighted by molar-refractivity contribution is 5.01. The second kappa shape index (κ2) is 6.14. The molecule has 0 saturated heterocycles. The maximum Gasteiger partial charge on any atom is -0.0272 e. The number of hydrogen-bond acceptors (Lipinski definition) is 0. The van der Waals surface area contributed by atoms with Crippen LogP contribution in [0.1, 0.15) is 97.3 Å². The van der Waals surface area contributed by atoms with Crippen LogP contribution in [0, 0.1) is 40.9 Å². The molecular weight excluding hydrogens is 264 g/mol. The van der Waals surface area contributed by atoms with Crippen molar-refractivity contribution in [3.63, 3.8) is 0 Å². The van der Waals surface area contributed by atoms with Gasteiger partial charge in [-0.15, -0.1) is 0 Å². The van der Waals surface area contributed by atoms with E-state index in [0.29, 0.717) is 0 Å². The molecule has 0 N–H and O–H groups in total. The summed E-state index contributed by atoms with van der Waals surface area (Å²) in [5.41, 5.74) is 0.725. The largest absolute Gasteiger partial charge is 0.0648 e. The van der Waals surface area contributed by atoms with Crippen molar-refractivity contribution in [3.05, 3.63) is 0 Å². The topological polar surface area (TPSA) is 0 Å². The molecule has 4 saturated carbocycles. The van der Waals surface area contributed by atoms with Crippen LogP contribution in [0.2, 0.25) is 0 Å². The molecule has 6 atom stereocenters. The minimum atomic E-state index is 0.725. The van der Waals surface area contributed by atoms with E-state index in [-0.39, 0.29) is 0 Å². The van der Waals surface area contributed by atoms with E-state index in [9.17, 15) is 0 Å². The summed E-state index contributed by atoms with van der Waals surface area (Å²) in [6.45, 7) is 5.20. The molecule has 6 unspecified atom stereocenters. The van der Waals surface area contributed by atoms with Gasteiger partial charge in [0.15, 0.2) is 0 Å². The fourth-order valence-corrected chi connectivity index (χ4v) is 7.97. The van der Waals surface area contributed by atoms with Crippen LogP contribution in [0.3, 0.4) is 0 Å². The van der Waals surface area contributed by atoms with Gasteiger partial charge >= 0.3 is 0 Å². The Hall–Kier alpha value is 0. The monoisotopic (exact) mass is 302 g/mol. The lowest BCUT2D eigenvalue weighted by Crippen LogP contribution is -2.44. The fraction of sp³-hybridized carbons (Fsp3) is 1.00. The van der Waals surface area contributed by atoms with Crippen molar-refractivity contribution in [2.45, 2.75) is 97.3 Å². The Labute approximate surface area is 138 Å². The summed E-state index contributed by atoms with van der Waals surface area (Å²) in [5, 5.41) is 0. The maximum atomic E-state index is 2.69. The van der Waals surface area contributed by atoms with E-state index in [1.807, 2.05) is 0 Å². The van der Waals surface area contributed by atoms with Gasteiger partial charge in [-0.1, -0.05) is 58.8 Å². The third kappa shape index (κ3) is 2.39. The molecule has 0 aliphatic heterocycles. The van der Waals surface area contributed by atoms with Gasteiger partial charge in [-0.25, -0.2) is 0 Å². The molecule has 0 spiro atoms. The third-order valence-electron chi connectivity index (χ3n) is 9.19. The lowest BCUT2D eigenvalue weighted by Gasteiger charge is -2.52. The zero-order valence-corrected chi connectivity index (χ0v) is 15.2. The molecule has 0 aromatic rings. The van der Waals surface area contributed by atoms with E-state index in [2.05, 4.69) is 13.8 Å². The molecular formula is C22H38. The average molecular weight is 303 g/mol. The van der Waals surface area contributed by atoms with Crippen LogP contribution in [-0.4, -0.2) is 0 Å². The molecule has 22 heavy (non-hydrogen) atoms. The Balaban J connectivity index is 1.54. The van der Waals surface area contributed by atoms with Crippen molar-refractivity contribution in [3.8, 4) is 0 Å². The number of hydrogen-bond donors (Lipinski definition) is 0. The Morgan fingerprint density at radius 3 is 2.18 bits per heavy atom. The van der Waals surface area contributed by atoms with Crippen LogP contribution >= 0.6 is 0 Å². The van der Waals surface area contributed by atoms with Crippen molar-refractivity contribution in [1.29, 1.82) is 0 Å². The van der Waals surface area contributed by atoms with E-state index in [1.54, 1.807) is 57.8 Å². The summed E-state index contributed by atoms with van der Waals surface area (Å²) < 4.78 is 0. The molecule has 4 rings (SSSR count). The first-order valence-corrected chi connectivity index (χ1v) is 10.7. The molecule has 0 heterocycles. The van der Waals surface area contributed by atoms with E-state index < -0.39 is 0 Å². The minimum Gasteiger partial charge on any atom is -0.0648 e. The molecule has 0 bridgehead atoms. The molecule has 4 aliphatic carbocycles. The minimum absolute atomic E-state index is 0.725. The highest BCUT2D eigenvalue weighted by Gasteiger charge is 2.52. The van der Waals surface area contributed by atoms with Crippen molar-refractivity contribution in [2.24, 2.45) is 40.9 Å². The van der Waals surface area contributed by atoms with Gasteiger partial charge in [-0.05, 0) is 79.4 Å². The van der Waals surface area contributed by atoms with Gasteiger partial charge in [-0.3, -0.25) is 0 Å². The van der Waals surface area contributed by atoms with Crippen LogP contribution in [0.25, 0.3) is 0 Å². The second-order valence-corrected chi connectivity index (χ2v) is 9.58. The normalized spacial score (nSPS) is 45.3. The summed E-state index contributed by atoms with van der Waals surface area (Å²) in [5.74, 6) is 6.66. The molecule has 4 fully saturated rings. The summed E-state index contributed by atoms with van der Waals surface area (Å²) in [7, 11) is 0. The molecule has 0 heteroatoms. The van der Waals surface area contributed by atoms with E-state index in [4.69, 9.17) is 0 Å². The summed E-state index contributed by atoms with van der Waals surface area (Å²) in [6, 6.07) is 0. The first-order chi connectivity index (χ1) is 10.7. The van der Waals surface area contributed by atoms with Crippen LogP contribution in [0.4, 0.5) is 0 Å². The van der Waals surface area contributed by atoms with Crippen LogP contribution in [0.15, 0.2) is 0 Å². The van der Waals surface area contributed by atoms with Crippen molar-refractivity contribution in [1.82, 2.24) is 0 Å². The van der Waals surface area contributed by atoms with Crippen LogP contribution < -0.4 is 0 Å². The van der Waals surface area contributed by atoms with Gasteiger partial charge < -0.3 is 0 Å². The van der Waals surface area contributed by atoms with Gasteiger partial charge in [0.2, 0.25) is 0 Å². The summed E-state index contributed by atoms with van der Waals surface area (Å²) in [6.07, 6.45) is 20.2. The second-order valence-electron chi connectivity index (χ2n) is 9.58. The summed E-state index contributed by atoms with van der Waals surface area (Å²) >= 11 is 0. The number of rotatable bonds is 3.